The second-order valence-corrected chi connectivity index (χ2v) is 13.2. The van der Waals surface area contributed by atoms with E-state index >= 15 is 0 Å². The fraction of sp³-hybridized carbons (Fsp3) is 0. The highest BCUT2D eigenvalue weighted by Gasteiger charge is 2.21. The number of nitrogens with two attached hydrogens (primary N) is 1. The van der Waals surface area contributed by atoms with Gasteiger partial charge in [-0.1, -0.05) is 121 Å². The zero-order chi connectivity index (χ0) is 33.9. The first-order chi connectivity index (χ1) is 25.2. The van der Waals surface area contributed by atoms with Crippen LogP contribution in [-0.2, 0) is 0 Å². The van der Waals surface area contributed by atoms with Gasteiger partial charge < -0.3 is 21.0 Å². The van der Waals surface area contributed by atoms with E-state index in [-0.39, 0.29) is 6.15 Å². The lowest BCUT2D eigenvalue weighted by Crippen LogP contribution is -1.97. The maximum atomic E-state index is 7.06. The summed E-state index contributed by atoms with van der Waals surface area (Å²) in [5.74, 6) is 0. The lowest BCUT2D eigenvalue weighted by molar-refractivity contribution is 1.18. The fourth-order valence-electron chi connectivity index (χ4n) is 8.06. The van der Waals surface area contributed by atoms with Gasteiger partial charge in [-0.25, -0.2) is 0 Å². The normalized spacial score (nSPS) is 11.4. The van der Waals surface area contributed by atoms with Crippen molar-refractivity contribution in [2.24, 2.45) is 0 Å². The number of hydrogen-bond donors (Lipinski definition) is 2. The van der Waals surface area contributed by atoms with Gasteiger partial charge in [0.1, 0.15) is 0 Å². The van der Waals surface area contributed by atoms with Crippen LogP contribution in [0, 0.1) is 0 Å². The van der Waals surface area contributed by atoms with Crippen LogP contribution < -0.4 is 11.9 Å². The number of hydrogen-bond acceptors (Lipinski definition) is 2. The third-order valence-electron chi connectivity index (χ3n) is 10.3. The summed E-state index contributed by atoms with van der Waals surface area (Å²) in [5, 5.41) is 4.84. The van der Waals surface area contributed by atoms with Crippen molar-refractivity contribution in [3.05, 3.63) is 188 Å². The highest BCUT2D eigenvalue weighted by Crippen LogP contribution is 2.46. The molecule has 0 atom stereocenters. The number of anilines is 1. The molecule has 0 aliphatic rings. The molecule has 0 aliphatic heterocycles. The van der Waals surface area contributed by atoms with Crippen LogP contribution in [0.3, 0.4) is 0 Å². The van der Waals surface area contributed by atoms with Crippen LogP contribution in [0.15, 0.2) is 188 Å². The Labute approximate surface area is 302 Å². The fourth-order valence-corrected chi connectivity index (χ4v) is 8.06. The number of nitrogen functional groups attached to an aromatic ring is 1. The Bertz CT molecular complexity index is 2900. The third kappa shape index (κ3) is 4.81. The van der Waals surface area contributed by atoms with Crippen LogP contribution in [0.4, 0.5) is 5.69 Å². The molecule has 10 rings (SSSR count). The molecule has 0 radical (unpaired) electrons. The monoisotopic (exact) mass is 668 g/mol. The van der Waals surface area contributed by atoms with E-state index in [4.69, 9.17) is 5.73 Å². The lowest BCUT2D eigenvalue weighted by atomic mass is 9.86. The van der Waals surface area contributed by atoms with Crippen molar-refractivity contribution in [2.75, 3.05) is 5.73 Å². The van der Waals surface area contributed by atoms with E-state index in [1.807, 2.05) is 0 Å². The predicted octanol–water partition coefficient (Wildman–Crippen LogP) is 12.6. The molecule has 0 unspecified atom stereocenters. The van der Waals surface area contributed by atoms with E-state index in [1.165, 1.54) is 43.6 Å². The average molecular weight is 669 g/mol. The van der Waals surface area contributed by atoms with Crippen molar-refractivity contribution in [1.29, 1.82) is 0 Å². The van der Waals surface area contributed by atoms with Crippen molar-refractivity contribution in [2.45, 2.75) is 0 Å². The summed E-state index contributed by atoms with van der Waals surface area (Å²) in [6.07, 6.45) is 0. The Morgan fingerprint density at radius 1 is 0.327 bits per heavy atom. The molecule has 2 aromatic heterocycles. The van der Waals surface area contributed by atoms with Crippen LogP contribution in [0.2, 0.25) is 0 Å². The van der Waals surface area contributed by atoms with Gasteiger partial charge in [0.25, 0.3) is 0 Å². The second kappa shape index (κ2) is 12.5. The van der Waals surface area contributed by atoms with Crippen LogP contribution in [0.1, 0.15) is 0 Å². The quantitative estimate of drug-likeness (QED) is 0.179. The molecule has 8 aromatic carbocycles. The van der Waals surface area contributed by atoms with E-state index in [1.54, 1.807) is 0 Å². The van der Waals surface area contributed by atoms with Gasteiger partial charge in [0, 0.05) is 44.2 Å². The highest BCUT2D eigenvalue weighted by atomic mass is 15.0. The van der Waals surface area contributed by atoms with Crippen LogP contribution in [-0.4, -0.2) is 9.13 Å². The van der Waals surface area contributed by atoms with Crippen molar-refractivity contribution in [3.8, 4) is 44.8 Å². The minimum absolute atomic E-state index is 0. The summed E-state index contributed by atoms with van der Waals surface area (Å²) in [5.41, 5.74) is 21.5. The SMILES string of the molecule is N.Nc1ccc(-c2ccccc2)c(-c2ccc3c(c2)c2ccccc2n3-c2ccccc2)c1-c1ccc2c(c1)c1ccccc1n2-c1ccccc1. The number of fused-ring (bicyclic) bond motifs is 6. The molecular weight excluding hydrogens is 633 g/mol. The van der Waals surface area contributed by atoms with Gasteiger partial charge >= 0.3 is 0 Å². The number of rotatable bonds is 5. The molecule has 5 N–H and O–H groups in total. The molecule has 4 nitrogen and oxygen atoms in total. The van der Waals surface area contributed by atoms with E-state index in [0.717, 1.165) is 50.4 Å². The molecule has 248 valence electrons. The minimum Gasteiger partial charge on any atom is -0.398 e. The van der Waals surface area contributed by atoms with Gasteiger partial charge in [0.2, 0.25) is 0 Å². The molecule has 10 aromatic rings. The molecule has 2 heterocycles. The maximum absolute atomic E-state index is 7.06. The Kier molecular flexibility index (Phi) is 7.46. The van der Waals surface area contributed by atoms with Crippen molar-refractivity contribution < 1.29 is 0 Å². The number of nitrogens with zero attached hydrogens (tertiary/aromatic N) is 2. The van der Waals surface area contributed by atoms with Gasteiger partial charge in [-0.3, -0.25) is 0 Å². The predicted molar refractivity (Wildman–Crippen MR) is 221 cm³/mol. The van der Waals surface area contributed by atoms with E-state index in [0.29, 0.717) is 0 Å². The summed E-state index contributed by atoms with van der Waals surface area (Å²) >= 11 is 0. The van der Waals surface area contributed by atoms with Gasteiger partial charge in [0.15, 0.2) is 0 Å². The van der Waals surface area contributed by atoms with Crippen LogP contribution in [0.25, 0.3) is 88.4 Å². The summed E-state index contributed by atoms with van der Waals surface area (Å²) in [6, 6.07) is 67.2. The molecular formula is C48H36N4. The molecule has 0 spiro atoms. The van der Waals surface area contributed by atoms with Crippen molar-refractivity contribution in [1.82, 2.24) is 15.3 Å². The summed E-state index contributed by atoms with van der Waals surface area (Å²) in [7, 11) is 0. The molecule has 0 saturated heterocycles. The molecule has 0 amide bonds. The van der Waals surface area contributed by atoms with Crippen LogP contribution in [0.5, 0.6) is 0 Å². The summed E-state index contributed by atoms with van der Waals surface area (Å²) < 4.78 is 4.72. The van der Waals surface area contributed by atoms with Gasteiger partial charge in [-0.2, -0.15) is 0 Å². The maximum Gasteiger partial charge on any atom is 0.0541 e. The molecule has 0 aliphatic carbocycles. The Balaban J connectivity index is 0.00000360. The lowest BCUT2D eigenvalue weighted by Gasteiger charge is -2.19. The smallest absolute Gasteiger partial charge is 0.0541 e. The topological polar surface area (TPSA) is 70.9 Å². The van der Waals surface area contributed by atoms with E-state index in [2.05, 4.69) is 197 Å². The average Bonchev–Trinajstić information content (AvgIpc) is 3.71. The first-order valence-corrected chi connectivity index (χ1v) is 17.4. The molecule has 52 heavy (non-hydrogen) atoms. The number of benzene rings is 8. The van der Waals surface area contributed by atoms with E-state index < -0.39 is 0 Å². The number of aromatic nitrogens is 2. The second-order valence-electron chi connectivity index (χ2n) is 13.2. The molecule has 0 saturated carbocycles. The summed E-state index contributed by atoms with van der Waals surface area (Å²) in [6.45, 7) is 0. The molecule has 4 heteroatoms. The zero-order valence-corrected chi connectivity index (χ0v) is 28.6. The highest BCUT2D eigenvalue weighted by molar-refractivity contribution is 6.14. The Hall–Kier alpha value is -6.88. The standard InChI is InChI=1S/C48H33N3.H3N/c49-42-27-26-37(32-14-4-1-5-15-32)47(33-24-28-45-40(30-33)38-20-10-12-22-43(38)50(45)35-16-6-2-7-17-35)48(42)34-25-29-46-41(31-34)39-21-11-13-23-44(39)51(46)36-18-8-3-9-19-36;/h1-31H,49H2;1H3. The molecule has 0 bridgehead atoms. The first-order valence-electron chi connectivity index (χ1n) is 17.4. The van der Waals surface area contributed by atoms with Crippen molar-refractivity contribution >= 4 is 49.3 Å². The Morgan fingerprint density at radius 3 is 1.27 bits per heavy atom. The van der Waals surface area contributed by atoms with Gasteiger partial charge in [-0.15, -0.1) is 0 Å². The minimum atomic E-state index is 0. The zero-order valence-electron chi connectivity index (χ0n) is 28.6. The van der Waals surface area contributed by atoms with Crippen molar-refractivity contribution in [3.63, 3.8) is 0 Å². The molecule has 0 fully saturated rings. The van der Waals surface area contributed by atoms with Gasteiger partial charge in [0.05, 0.1) is 22.1 Å². The largest absolute Gasteiger partial charge is 0.398 e. The Morgan fingerprint density at radius 2 is 0.750 bits per heavy atom. The van der Waals surface area contributed by atoms with Gasteiger partial charge in [-0.05, 0) is 94.5 Å². The van der Waals surface area contributed by atoms with Crippen LogP contribution >= 0.6 is 0 Å². The number of para-hydroxylation sites is 4. The van der Waals surface area contributed by atoms with E-state index in [9.17, 15) is 0 Å². The summed E-state index contributed by atoms with van der Waals surface area (Å²) in [4.78, 5) is 0. The first kappa shape index (κ1) is 31.1. The third-order valence-corrected chi connectivity index (χ3v) is 10.3.